The minimum Gasteiger partial charge on any atom is -0.348 e. The number of nitriles is 1. The minimum atomic E-state index is -0.319. The van der Waals surface area contributed by atoms with Gasteiger partial charge in [0.05, 0.1) is 5.56 Å². The fraction of sp³-hybridized carbons (Fsp3) is 0.286. The van der Waals surface area contributed by atoms with Crippen molar-refractivity contribution in [2.45, 2.75) is 38.8 Å². The van der Waals surface area contributed by atoms with E-state index in [1.54, 1.807) is 0 Å². The molecule has 0 atom stereocenters. The molecule has 2 amide bonds. The van der Waals surface area contributed by atoms with Crippen LogP contribution in [0.3, 0.4) is 0 Å². The Balaban J connectivity index is 1.52. The summed E-state index contributed by atoms with van der Waals surface area (Å²) in [7, 11) is 0. The Kier molecular flexibility index (Phi) is 5.86. The lowest BCUT2D eigenvalue weighted by Crippen LogP contribution is -2.26. The van der Waals surface area contributed by atoms with Crippen LogP contribution in [0.4, 0.5) is 5.00 Å². The Morgan fingerprint density at radius 2 is 2.00 bits per heavy atom. The molecule has 0 saturated carbocycles. The van der Waals surface area contributed by atoms with Gasteiger partial charge < -0.3 is 10.6 Å². The molecule has 0 unspecified atom stereocenters. The second-order valence-electron chi connectivity index (χ2n) is 7.01. The summed E-state index contributed by atoms with van der Waals surface area (Å²) in [5.41, 5.74) is 2.62. The monoisotopic (exact) mass is 420 g/mol. The topological polar surface area (TPSA) is 113 Å². The summed E-state index contributed by atoms with van der Waals surface area (Å²) in [5, 5.41) is 19.1. The highest BCUT2D eigenvalue weighted by atomic mass is 32.1. The number of hydrogen-bond donors (Lipinski definition) is 2. The molecule has 2 heterocycles. The Hall–Kier alpha value is -3.51. The Labute approximate surface area is 177 Å². The highest BCUT2D eigenvalue weighted by Crippen LogP contribution is 2.38. The van der Waals surface area contributed by atoms with Gasteiger partial charge in [0.15, 0.2) is 0 Å². The third-order valence-corrected chi connectivity index (χ3v) is 6.10. The van der Waals surface area contributed by atoms with Gasteiger partial charge in [-0.3, -0.25) is 9.59 Å². The number of carbonyl (C=O) groups is 2. The zero-order valence-electron chi connectivity index (χ0n) is 16.2. The van der Waals surface area contributed by atoms with Crippen molar-refractivity contribution < 1.29 is 9.59 Å². The van der Waals surface area contributed by atoms with Crippen LogP contribution in [0, 0.1) is 11.3 Å². The molecule has 30 heavy (non-hydrogen) atoms. The van der Waals surface area contributed by atoms with Crippen molar-refractivity contribution in [2.75, 3.05) is 5.32 Å². The van der Waals surface area contributed by atoms with Crippen molar-refractivity contribution in [3.05, 3.63) is 64.1 Å². The summed E-state index contributed by atoms with van der Waals surface area (Å²) >= 11 is 1.47. The molecule has 0 radical (unpaired) electrons. The Morgan fingerprint density at radius 1 is 1.20 bits per heavy atom. The molecule has 152 valence electrons. The molecule has 0 bridgehead atoms. The van der Waals surface area contributed by atoms with Crippen LogP contribution >= 0.6 is 11.3 Å². The maximum Gasteiger partial charge on any atom is 0.254 e. The number of amides is 2. The Bertz CT molecular complexity index is 1110. The minimum absolute atomic E-state index is 0.00960. The van der Waals surface area contributed by atoms with Crippen molar-refractivity contribution >= 4 is 28.2 Å². The molecule has 0 fully saturated rings. The second-order valence-corrected chi connectivity index (χ2v) is 8.11. The highest BCUT2D eigenvalue weighted by Gasteiger charge is 2.26. The highest BCUT2D eigenvalue weighted by molar-refractivity contribution is 7.17. The molecule has 9 heteroatoms. The number of benzene rings is 1. The smallest absolute Gasteiger partial charge is 0.254 e. The lowest BCUT2D eigenvalue weighted by Gasteiger charge is -2.13. The van der Waals surface area contributed by atoms with Crippen molar-refractivity contribution in [3.8, 4) is 6.07 Å². The van der Waals surface area contributed by atoms with Crippen LogP contribution in [0.25, 0.3) is 0 Å². The molecule has 3 aromatic rings. The van der Waals surface area contributed by atoms with E-state index in [0.717, 1.165) is 41.7 Å². The first-order valence-electron chi connectivity index (χ1n) is 9.70. The number of thiophene rings is 1. The summed E-state index contributed by atoms with van der Waals surface area (Å²) in [6.07, 6.45) is 5.22. The van der Waals surface area contributed by atoms with Gasteiger partial charge >= 0.3 is 0 Å². The van der Waals surface area contributed by atoms with Crippen LogP contribution in [-0.2, 0) is 30.7 Å². The first-order valence-corrected chi connectivity index (χ1v) is 10.5. The number of nitrogens with zero attached hydrogens (tertiary/aromatic N) is 4. The first kappa shape index (κ1) is 19.8. The van der Waals surface area contributed by atoms with E-state index in [9.17, 15) is 9.59 Å². The molecule has 0 spiro atoms. The van der Waals surface area contributed by atoms with Gasteiger partial charge in [-0.05, 0) is 36.8 Å². The zero-order chi connectivity index (χ0) is 20.9. The quantitative estimate of drug-likeness (QED) is 0.637. The van der Waals surface area contributed by atoms with E-state index in [1.807, 2.05) is 36.4 Å². The fourth-order valence-electron chi connectivity index (χ4n) is 3.50. The van der Waals surface area contributed by atoms with Gasteiger partial charge in [0, 0.05) is 11.4 Å². The molecular weight excluding hydrogens is 400 g/mol. The van der Waals surface area contributed by atoms with E-state index in [4.69, 9.17) is 5.26 Å². The van der Waals surface area contributed by atoms with Crippen molar-refractivity contribution in [1.29, 1.82) is 5.26 Å². The molecule has 4 rings (SSSR count). The number of fused-ring (bicyclic) bond motifs is 1. The molecule has 8 nitrogen and oxygen atoms in total. The average Bonchev–Trinajstić information content (AvgIpc) is 3.36. The van der Waals surface area contributed by atoms with E-state index < -0.39 is 0 Å². The van der Waals surface area contributed by atoms with Crippen LogP contribution in [0.1, 0.15) is 45.0 Å². The van der Waals surface area contributed by atoms with Crippen LogP contribution in [-0.4, -0.2) is 26.6 Å². The number of nitrogens with one attached hydrogen (secondary N) is 2. The molecule has 1 aromatic carbocycles. The number of aryl methyl sites for hydroxylation is 1. The maximum absolute atomic E-state index is 13.0. The molecule has 0 saturated heterocycles. The van der Waals surface area contributed by atoms with E-state index in [1.165, 1.54) is 22.3 Å². The van der Waals surface area contributed by atoms with Gasteiger partial charge in [0.25, 0.3) is 11.7 Å². The van der Waals surface area contributed by atoms with Crippen LogP contribution in [0.5, 0.6) is 0 Å². The lowest BCUT2D eigenvalue weighted by molar-refractivity contribution is -0.116. The molecule has 1 aliphatic rings. The standard InChI is InChI=1S/C21H20N6O2S/c22-10-17-24-13-27(26-17)12-18(28)25-21-19(15-8-4-5-9-16(15)30-21)20(29)23-11-14-6-2-1-3-7-14/h1-3,6-7,13H,4-5,8-9,11-12H2,(H,23,29)(H,25,28). The number of hydrogen-bond acceptors (Lipinski definition) is 6. The first-order chi connectivity index (χ1) is 14.6. The third kappa shape index (κ3) is 4.39. The largest absolute Gasteiger partial charge is 0.348 e. The van der Waals surface area contributed by atoms with Crippen LogP contribution in [0.15, 0.2) is 36.7 Å². The SMILES string of the molecule is N#Cc1ncn(CC(=O)Nc2sc3c(c2C(=O)NCc2ccccc2)CCCC3)n1. The van der Waals surface area contributed by atoms with Gasteiger partial charge in [0.2, 0.25) is 5.91 Å². The number of anilines is 1. The average molecular weight is 420 g/mol. The van der Waals surface area contributed by atoms with E-state index >= 15 is 0 Å². The molecule has 1 aliphatic carbocycles. The maximum atomic E-state index is 13.0. The number of aromatic nitrogens is 3. The summed E-state index contributed by atoms with van der Waals surface area (Å²) < 4.78 is 1.30. The lowest BCUT2D eigenvalue weighted by atomic mass is 9.95. The van der Waals surface area contributed by atoms with Gasteiger partial charge in [-0.25, -0.2) is 9.67 Å². The van der Waals surface area contributed by atoms with E-state index in [0.29, 0.717) is 17.1 Å². The van der Waals surface area contributed by atoms with Crippen molar-refractivity contribution in [3.63, 3.8) is 0 Å². The number of rotatable bonds is 6. The van der Waals surface area contributed by atoms with E-state index in [-0.39, 0.29) is 24.2 Å². The van der Waals surface area contributed by atoms with Gasteiger partial charge in [0.1, 0.15) is 23.9 Å². The predicted molar refractivity (Wildman–Crippen MR) is 112 cm³/mol. The summed E-state index contributed by atoms with van der Waals surface area (Å²) in [4.78, 5) is 30.5. The van der Waals surface area contributed by atoms with Crippen LogP contribution < -0.4 is 10.6 Å². The Morgan fingerprint density at radius 3 is 2.77 bits per heavy atom. The van der Waals surface area contributed by atoms with Gasteiger partial charge in [-0.1, -0.05) is 30.3 Å². The molecular formula is C21H20N6O2S. The normalized spacial score (nSPS) is 12.6. The van der Waals surface area contributed by atoms with Crippen LogP contribution in [0.2, 0.25) is 0 Å². The molecule has 0 aliphatic heterocycles. The summed E-state index contributed by atoms with van der Waals surface area (Å²) in [6.45, 7) is 0.343. The molecule has 2 aromatic heterocycles. The van der Waals surface area contributed by atoms with Gasteiger partial charge in [-0.15, -0.1) is 16.4 Å². The van der Waals surface area contributed by atoms with Crippen molar-refractivity contribution in [2.24, 2.45) is 0 Å². The predicted octanol–water partition coefficient (Wildman–Crippen LogP) is 2.66. The molecule has 2 N–H and O–H groups in total. The van der Waals surface area contributed by atoms with Crippen molar-refractivity contribution in [1.82, 2.24) is 20.1 Å². The second kappa shape index (κ2) is 8.88. The third-order valence-electron chi connectivity index (χ3n) is 4.89. The summed E-state index contributed by atoms with van der Waals surface area (Å²) in [6, 6.07) is 11.5. The van der Waals surface area contributed by atoms with E-state index in [2.05, 4.69) is 20.7 Å². The number of carbonyl (C=O) groups excluding carboxylic acids is 2. The van der Waals surface area contributed by atoms with Gasteiger partial charge in [-0.2, -0.15) is 5.26 Å². The summed E-state index contributed by atoms with van der Waals surface area (Å²) in [5.74, 6) is -0.489. The fourth-order valence-corrected chi connectivity index (χ4v) is 4.80. The zero-order valence-corrected chi connectivity index (χ0v) is 17.0.